The predicted octanol–water partition coefficient (Wildman–Crippen LogP) is 4.16. The molecular weight excluding hydrogens is 550 g/mol. The average Bonchev–Trinajstić information content (AvgIpc) is 3.38. The van der Waals surface area contributed by atoms with Crippen LogP contribution in [0.2, 0.25) is 5.02 Å². The van der Waals surface area contributed by atoms with Crippen LogP contribution in [0.4, 0.5) is 11.6 Å². The van der Waals surface area contributed by atoms with Crippen LogP contribution < -0.4 is 16.0 Å². The molecule has 1 aliphatic heterocycles. The summed E-state index contributed by atoms with van der Waals surface area (Å²) in [7, 11) is 0. The molecule has 0 aliphatic carbocycles. The lowest BCUT2D eigenvalue weighted by molar-refractivity contribution is -0.146. The van der Waals surface area contributed by atoms with Crippen molar-refractivity contribution in [2.24, 2.45) is 11.7 Å². The number of anilines is 2. The number of benzene rings is 1. The summed E-state index contributed by atoms with van der Waals surface area (Å²) in [6, 6.07) is 6.91. The Morgan fingerprint density at radius 1 is 1.18 bits per heavy atom. The number of esters is 1. The van der Waals surface area contributed by atoms with E-state index < -0.39 is 6.04 Å². The fourth-order valence-electron chi connectivity index (χ4n) is 4.57. The predicted molar refractivity (Wildman–Crippen MR) is 159 cm³/mol. The van der Waals surface area contributed by atoms with E-state index in [1.807, 2.05) is 39.0 Å². The molecule has 4 rings (SSSR count). The summed E-state index contributed by atoms with van der Waals surface area (Å²) >= 11 is 7.68. The van der Waals surface area contributed by atoms with Crippen molar-refractivity contribution in [3.05, 3.63) is 51.9 Å². The third-order valence-electron chi connectivity index (χ3n) is 6.61. The van der Waals surface area contributed by atoms with Crippen LogP contribution in [-0.4, -0.2) is 77.1 Å². The zero-order valence-electron chi connectivity index (χ0n) is 23.3. The van der Waals surface area contributed by atoms with Crippen LogP contribution in [-0.2, 0) is 9.53 Å². The van der Waals surface area contributed by atoms with Gasteiger partial charge in [-0.15, -0.1) is 11.3 Å². The second kappa shape index (κ2) is 13.5. The number of hydrogen-bond acceptors (Lipinski definition) is 10. The number of amides is 1. The third-order valence-corrected chi connectivity index (χ3v) is 7.94. The molecule has 1 unspecified atom stereocenters. The first kappa shape index (κ1) is 29.9. The van der Waals surface area contributed by atoms with E-state index in [-0.39, 0.29) is 11.9 Å². The highest BCUT2D eigenvalue weighted by Gasteiger charge is 2.22. The minimum absolute atomic E-state index is 0.321. The molecule has 10 nitrogen and oxygen atoms in total. The van der Waals surface area contributed by atoms with Crippen LogP contribution in [0.25, 0.3) is 10.4 Å². The number of carbonyl (C=O) groups is 2. The standard InChI is InChI=1S/C28H36ClN7O3S/c1-17(2)14-21(30)28(38)39-13-12-35-8-10-36(11-9-35)24-15-23(32-19(4)33-24)34-26(37)27-31-16-22(40-27)25-18(3)6-5-7-20(25)29/h5-7,15-17,21H,8-14,30H2,1-4H3,(H,32,33,34,37). The molecule has 0 bridgehead atoms. The van der Waals surface area contributed by atoms with Crippen molar-refractivity contribution in [1.82, 2.24) is 19.9 Å². The lowest BCUT2D eigenvalue weighted by Gasteiger charge is -2.35. The highest BCUT2D eigenvalue weighted by Crippen LogP contribution is 2.35. The second-order valence-corrected chi connectivity index (χ2v) is 11.7. The smallest absolute Gasteiger partial charge is 0.322 e. The molecule has 3 N–H and O–H groups in total. The monoisotopic (exact) mass is 585 g/mol. The molecule has 1 atom stereocenters. The van der Waals surface area contributed by atoms with E-state index in [1.54, 1.807) is 19.2 Å². The van der Waals surface area contributed by atoms with Gasteiger partial charge in [0.1, 0.15) is 30.1 Å². The third kappa shape index (κ3) is 7.75. The van der Waals surface area contributed by atoms with Crippen molar-refractivity contribution >= 4 is 46.4 Å². The van der Waals surface area contributed by atoms with Crippen molar-refractivity contribution in [2.45, 2.75) is 40.2 Å². The van der Waals surface area contributed by atoms with Crippen LogP contribution in [0, 0.1) is 19.8 Å². The molecule has 1 aliphatic rings. The first-order valence-corrected chi connectivity index (χ1v) is 14.6. The van der Waals surface area contributed by atoms with Crippen LogP contribution in [0.15, 0.2) is 30.5 Å². The first-order chi connectivity index (χ1) is 19.1. The van der Waals surface area contributed by atoms with Crippen LogP contribution in [0.1, 0.15) is 41.5 Å². The maximum absolute atomic E-state index is 13.0. The summed E-state index contributed by atoms with van der Waals surface area (Å²) in [5.74, 6) is 1.40. The minimum atomic E-state index is -0.572. The van der Waals surface area contributed by atoms with E-state index in [0.717, 1.165) is 48.0 Å². The molecule has 3 aromatic rings. The quantitative estimate of drug-likeness (QED) is 0.337. The van der Waals surface area contributed by atoms with E-state index in [9.17, 15) is 9.59 Å². The number of nitrogens with two attached hydrogens (primary N) is 1. The summed E-state index contributed by atoms with van der Waals surface area (Å²) in [4.78, 5) is 43.6. The van der Waals surface area contributed by atoms with Gasteiger partial charge in [-0.25, -0.2) is 15.0 Å². The first-order valence-electron chi connectivity index (χ1n) is 13.4. The Bertz CT molecular complexity index is 1320. The molecule has 12 heteroatoms. The molecular formula is C28H36ClN7O3S. The van der Waals surface area contributed by atoms with Gasteiger partial charge in [0.05, 0.1) is 4.88 Å². The van der Waals surface area contributed by atoms with Gasteiger partial charge in [-0.3, -0.25) is 14.5 Å². The number of nitrogens with zero attached hydrogens (tertiary/aromatic N) is 5. The number of halogens is 1. The highest BCUT2D eigenvalue weighted by atomic mass is 35.5. The number of aryl methyl sites for hydroxylation is 2. The molecule has 1 amide bonds. The Kier molecular flexibility index (Phi) is 10.1. The number of ether oxygens (including phenoxy) is 1. The van der Waals surface area contributed by atoms with Crippen LogP contribution in [0.5, 0.6) is 0 Å². The zero-order valence-corrected chi connectivity index (χ0v) is 24.9. The van der Waals surface area contributed by atoms with Crippen LogP contribution in [0.3, 0.4) is 0 Å². The molecule has 0 radical (unpaired) electrons. The number of piperazine rings is 1. The number of hydrogen-bond donors (Lipinski definition) is 2. The van der Waals surface area contributed by atoms with Gasteiger partial charge in [0.25, 0.3) is 5.91 Å². The van der Waals surface area contributed by atoms with Crippen LogP contribution >= 0.6 is 22.9 Å². The minimum Gasteiger partial charge on any atom is -0.463 e. The molecule has 1 aromatic carbocycles. The van der Waals surface area contributed by atoms with E-state index >= 15 is 0 Å². The largest absolute Gasteiger partial charge is 0.463 e. The maximum atomic E-state index is 13.0. The van der Waals surface area contributed by atoms with E-state index in [2.05, 4.69) is 30.1 Å². The van der Waals surface area contributed by atoms with Gasteiger partial charge in [-0.2, -0.15) is 0 Å². The summed E-state index contributed by atoms with van der Waals surface area (Å²) < 4.78 is 5.37. The molecule has 3 heterocycles. The summed E-state index contributed by atoms with van der Waals surface area (Å²) in [5.41, 5.74) is 7.80. The second-order valence-electron chi connectivity index (χ2n) is 10.3. The van der Waals surface area contributed by atoms with Crippen molar-refractivity contribution in [1.29, 1.82) is 0 Å². The zero-order chi connectivity index (χ0) is 28.8. The summed E-state index contributed by atoms with van der Waals surface area (Å²) in [6.45, 7) is 11.9. The number of nitrogens with one attached hydrogen (secondary N) is 1. The van der Waals surface area contributed by atoms with Gasteiger partial charge in [0, 0.05) is 55.6 Å². The van der Waals surface area contributed by atoms with E-state index in [1.165, 1.54) is 11.3 Å². The molecule has 214 valence electrons. The molecule has 2 aromatic heterocycles. The van der Waals surface area contributed by atoms with Gasteiger partial charge in [0.2, 0.25) is 0 Å². The number of thiazole rings is 1. The lowest BCUT2D eigenvalue weighted by atomic mass is 10.1. The normalized spacial score (nSPS) is 14.8. The average molecular weight is 586 g/mol. The summed E-state index contributed by atoms with van der Waals surface area (Å²) in [6.07, 6.45) is 2.29. The fraction of sp³-hybridized carbons (Fsp3) is 0.464. The van der Waals surface area contributed by atoms with Gasteiger partial charge < -0.3 is 20.7 Å². The SMILES string of the molecule is Cc1nc(NC(=O)c2ncc(-c3c(C)cccc3Cl)s2)cc(N2CCN(CCOC(=O)C(N)CC(C)C)CC2)n1. The summed E-state index contributed by atoms with van der Waals surface area (Å²) in [5, 5.41) is 3.82. The number of carbonyl (C=O) groups excluding carboxylic acids is 2. The molecule has 1 saturated heterocycles. The Morgan fingerprint density at radius 2 is 1.93 bits per heavy atom. The van der Waals surface area contributed by atoms with Gasteiger partial charge >= 0.3 is 5.97 Å². The van der Waals surface area contributed by atoms with E-state index in [4.69, 9.17) is 22.1 Å². The topological polar surface area (TPSA) is 127 Å². The van der Waals surface area contributed by atoms with Gasteiger partial charge in [-0.1, -0.05) is 37.6 Å². The van der Waals surface area contributed by atoms with Crippen molar-refractivity contribution in [3.8, 4) is 10.4 Å². The fourth-order valence-corrected chi connectivity index (χ4v) is 5.89. The molecule has 1 fully saturated rings. The van der Waals surface area contributed by atoms with Gasteiger partial charge in [0.15, 0.2) is 5.01 Å². The Morgan fingerprint density at radius 3 is 2.62 bits per heavy atom. The molecule has 0 saturated carbocycles. The lowest BCUT2D eigenvalue weighted by Crippen LogP contribution is -2.48. The maximum Gasteiger partial charge on any atom is 0.322 e. The van der Waals surface area contributed by atoms with Gasteiger partial charge in [-0.05, 0) is 37.8 Å². The molecule has 0 spiro atoms. The molecule has 40 heavy (non-hydrogen) atoms. The Balaban J connectivity index is 1.31. The van der Waals surface area contributed by atoms with Crippen molar-refractivity contribution < 1.29 is 14.3 Å². The van der Waals surface area contributed by atoms with Crippen molar-refractivity contribution in [3.63, 3.8) is 0 Å². The van der Waals surface area contributed by atoms with E-state index in [0.29, 0.717) is 47.2 Å². The Labute approximate surface area is 243 Å². The van der Waals surface area contributed by atoms with Crippen molar-refractivity contribution in [2.75, 3.05) is 49.5 Å². The number of rotatable bonds is 10. The number of aromatic nitrogens is 3. The highest BCUT2D eigenvalue weighted by molar-refractivity contribution is 7.17. The Hall–Kier alpha value is -3.12.